The van der Waals surface area contributed by atoms with Crippen LogP contribution in [0.1, 0.15) is 6.92 Å². The van der Waals surface area contributed by atoms with Crippen molar-refractivity contribution in [2.75, 3.05) is 12.1 Å². The molecule has 1 aliphatic heterocycles. The van der Waals surface area contributed by atoms with Gasteiger partial charge in [0.05, 0.1) is 5.03 Å². The predicted octanol–water partition coefficient (Wildman–Crippen LogP) is 5.17. The van der Waals surface area contributed by atoms with E-state index in [9.17, 15) is 9.18 Å². The molecule has 1 aliphatic rings. The van der Waals surface area contributed by atoms with Gasteiger partial charge >= 0.3 is 0 Å². The van der Waals surface area contributed by atoms with Crippen LogP contribution in [0.5, 0.6) is 11.5 Å². The fraction of sp³-hybridized carbons (Fsp3) is 0.111. The van der Waals surface area contributed by atoms with Crippen molar-refractivity contribution in [1.82, 2.24) is 4.98 Å². The Kier molecular flexibility index (Phi) is 5.29. The van der Waals surface area contributed by atoms with Crippen LogP contribution in [0.2, 0.25) is 0 Å². The molecular weight excluding hydrogens is 427 g/mol. The Morgan fingerprint density at radius 2 is 2.04 bits per heavy atom. The summed E-state index contributed by atoms with van der Waals surface area (Å²) in [5, 5.41) is 2.24. The number of anilines is 1. The Labute approximate surface area is 162 Å². The van der Waals surface area contributed by atoms with E-state index >= 15 is 0 Å². The maximum Gasteiger partial charge on any atom is 0.254 e. The average molecular weight is 440 g/mol. The van der Waals surface area contributed by atoms with Gasteiger partial charge in [-0.1, -0.05) is 34.1 Å². The minimum atomic E-state index is -0.865. The van der Waals surface area contributed by atoms with E-state index in [-0.39, 0.29) is 17.4 Å². The molecule has 0 atom stereocenters. The number of rotatable bonds is 4. The molecular formula is C18H13BrClFN2O3. The maximum atomic E-state index is 13.0. The summed E-state index contributed by atoms with van der Waals surface area (Å²) in [5.74, 6) is 0.214. The van der Waals surface area contributed by atoms with Crippen LogP contribution in [0.3, 0.4) is 0 Å². The maximum absolute atomic E-state index is 13.0. The molecule has 1 amide bonds. The molecule has 8 heteroatoms. The van der Waals surface area contributed by atoms with E-state index in [1.807, 2.05) is 12.1 Å². The van der Waals surface area contributed by atoms with Gasteiger partial charge in [0, 0.05) is 27.4 Å². The van der Waals surface area contributed by atoms with Gasteiger partial charge in [0.2, 0.25) is 6.79 Å². The quantitative estimate of drug-likeness (QED) is 0.527. The Hall–Kier alpha value is -2.38. The third-order valence-electron chi connectivity index (χ3n) is 3.69. The highest BCUT2D eigenvalue weighted by atomic mass is 79.9. The van der Waals surface area contributed by atoms with E-state index in [1.165, 1.54) is 6.92 Å². The summed E-state index contributed by atoms with van der Waals surface area (Å²) in [7, 11) is 0. The number of carbonyl (C=O) groups excluding carboxylic acids is 1. The van der Waals surface area contributed by atoms with Crippen LogP contribution < -0.4 is 14.8 Å². The molecule has 0 radical (unpaired) electrons. The van der Waals surface area contributed by atoms with Crippen LogP contribution >= 0.6 is 27.5 Å². The second kappa shape index (κ2) is 7.47. The number of aromatic nitrogens is 1. The summed E-state index contributed by atoms with van der Waals surface area (Å²) in [6, 6.07) is 7.10. The van der Waals surface area contributed by atoms with Crippen molar-refractivity contribution in [2.45, 2.75) is 6.92 Å². The van der Waals surface area contributed by atoms with Crippen molar-refractivity contribution >= 4 is 39.3 Å². The van der Waals surface area contributed by atoms with Crippen LogP contribution in [-0.4, -0.2) is 17.7 Å². The first-order valence-corrected chi connectivity index (χ1v) is 8.62. The zero-order valence-electron chi connectivity index (χ0n) is 13.6. The number of ether oxygens (including phenoxy) is 2. The minimum absolute atomic E-state index is 0.0172. The fourth-order valence-corrected chi connectivity index (χ4v) is 2.92. The Bertz CT molecular complexity index is 929. The van der Waals surface area contributed by atoms with Gasteiger partial charge in [-0.2, -0.15) is 0 Å². The summed E-state index contributed by atoms with van der Waals surface area (Å²) in [4.78, 5) is 16.3. The lowest BCUT2D eigenvalue weighted by Gasteiger charge is -2.09. The highest BCUT2D eigenvalue weighted by Crippen LogP contribution is 2.41. The molecule has 26 heavy (non-hydrogen) atoms. The van der Waals surface area contributed by atoms with E-state index in [2.05, 4.69) is 32.8 Å². The Morgan fingerprint density at radius 1 is 1.35 bits per heavy atom. The number of fused-ring (bicyclic) bond motifs is 1. The number of hydrogen-bond acceptors (Lipinski definition) is 4. The number of nitrogens with one attached hydrogen (secondary N) is 1. The second-order valence-corrected chi connectivity index (χ2v) is 6.65. The Morgan fingerprint density at radius 3 is 2.65 bits per heavy atom. The molecule has 3 rings (SSSR count). The molecule has 0 unspecified atom stereocenters. The van der Waals surface area contributed by atoms with Crippen LogP contribution in [0, 0.1) is 0 Å². The first-order chi connectivity index (χ1) is 12.4. The lowest BCUT2D eigenvalue weighted by Crippen LogP contribution is -2.14. The van der Waals surface area contributed by atoms with Gasteiger partial charge in [-0.3, -0.25) is 4.79 Å². The van der Waals surface area contributed by atoms with Crippen LogP contribution in [0.15, 0.2) is 57.9 Å². The predicted molar refractivity (Wildman–Crippen MR) is 101 cm³/mol. The summed E-state index contributed by atoms with van der Waals surface area (Å²) in [6.45, 7) is 4.66. The van der Waals surface area contributed by atoms with E-state index < -0.39 is 11.7 Å². The minimum Gasteiger partial charge on any atom is -0.454 e. The normalized spacial score (nSPS) is 13.2. The molecule has 0 aliphatic carbocycles. The second-order valence-electron chi connectivity index (χ2n) is 5.42. The number of amides is 1. The van der Waals surface area contributed by atoms with E-state index in [4.69, 9.17) is 21.1 Å². The molecule has 1 aromatic heterocycles. The van der Waals surface area contributed by atoms with E-state index in [0.29, 0.717) is 17.3 Å². The number of hydrogen-bond donors (Lipinski definition) is 1. The van der Waals surface area contributed by atoms with Crippen LogP contribution in [0.25, 0.3) is 11.1 Å². The van der Waals surface area contributed by atoms with Gasteiger partial charge in [0.25, 0.3) is 5.91 Å². The molecule has 0 fully saturated rings. The van der Waals surface area contributed by atoms with Crippen LogP contribution in [0.4, 0.5) is 10.2 Å². The highest BCUT2D eigenvalue weighted by Gasteiger charge is 2.17. The zero-order chi connectivity index (χ0) is 18.8. The molecule has 134 valence electrons. The molecule has 0 saturated heterocycles. The third kappa shape index (κ3) is 3.73. The summed E-state index contributed by atoms with van der Waals surface area (Å²) < 4.78 is 24.6. The zero-order valence-corrected chi connectivity index (χ0v) is 15.9. The van der Waals surface area contributed by atoms with E-state index in [1.54, 1.807) is 18.3 Å². The number of pyridine rings is 1. The van der Waals surface area contributed by atoms with Gasteiger partial charge in [0.1, 0.15) is 11.6 Å². The number of allylic oxidation sites excluding steroid dienone is 2. The molecule has 2 heterocycles. The third-order valence-corrected chi connectivity index (χ3v) is 4.83. The van der Waals surface area contributed by atoms with Gasteiger partial charge in [-0.25, -0.2) is 9.37 Å². The van der Waals surface area contributed by atoms with Gasteiger partial charge < -0.3 is 14.8 Å². The lowest BCUT2D eigenvalue weighted by molar-refractivity contribution is -0.112. The topological polar surface area (TPSA) is 60.5 Å². The van der Waals surface area contributed by atoms with Crippen LogP contribution in [-0.2, 0) is 4.79 Å². The molecule has 5 nitrogen and oxygen atoms in total. The Balaban J connectivity index is 1.81. The molecule has 0 saturated carbocycles. The highest BCUT2D eigenvalue weighted by molar-refractivity contribution is 9.10. The number of benzene rings is 1. The van der Waals surface area contributed by atoms with Crippen molar-refractivity contribution in [2.24, 2.45) is 0 Å². The number of carbonyl (C=O) groups is 1. The summed E-state index contributed by atoms with van der Waals surface area (Å²) in [6.07, 6.45) is 1.60. The van der Waals surface area contributed by atoms with Crippen molar-refractivity contribution in [3.63, 3.8) is 0 Å². The lowest BCUT2D eigenvalue weighted by atomic mass is 10.1. The molecule has 1 aromatic carbocycles. The molecule has 0 spiro atoms. The number of nitrogens with zero attached hydrogens (tertiary/aromatic N) is 1. The largest absolute Gasteiger partial charge is 0.454 e. The molecule has 0 bridgehead atoms. The van der Waals surface area contributed by atoms with Gasteiger partial charge in [-0.15, -0.1) is 0 Å². The van der Waals surface area contributed by atoms with Crippen molar-refractivity contribution < 1.29 is 18.7 Å². The first-order valence-electron chi connectivity index (χ1n) is 7.45. The van der Waals surface area contributed by atoms with Crippen molar-refractivity contribution in [3.8, 4) is 22.6 Å². The fourth-order valence-electron chi connectivity index (χ4n) is 2.28. The van der Waals surface area contributed by atoms with Gasteiger partial charge in [0.15, 0.2) is 11.5 Å². The van der Waals surface area contributed by atoms with E-state index in [0.717, 1.165) is 15.6 Å². The van der Waals surface area contributed by atoms with Gasteiger partial charge in [-0.05, 0) is 31.2 Å². The number of halogens is 3. The first kappa shape index (κ1) is 18.4. The monoisotopic (exact) mass is 438 g/mol. The average Bonchev–Trinajstić information content (AvgIpc) is 3.07. The molecule has 2 aromatic rings. The molecule has 1 N–H and O–H groups in total. The van der Waals surface area contributed by atoms with Crippen molar-refractivity contribution in [3.05, 3.63) is 57.9 Å². The van der Waals surface area contributed by atoms with Crippen molar-refractivity contribution in [1.29, 1.82) is 0 Å². The SMILES string of the molecule is C=C(F)/C(Cl)=C(\C)C(=O)Nc1ccc(-c2cc3c(cc2Br)OCO3)cn1. The standard InChI is InChI=1S/C18H13BrClFN2O3/c1-9(17(20)10(2)21)18(24)23-16-4-3-11(7-22-16)12-5-14-15(6-13(12)19)26-8-25-14/h3-7H,2,8H2,1H3,(H,22,23,24)/b17-9-. The smallest absolute Gasteiger partial charge is 0.254 e. The summed E-state index contributed by atoms with van der Waals surface area (Å²) >= 11 is 9.19. The summed E-state index contributed by atoms with van der Waals surface area (Å²) in [5.41, 5.74) is 1.70.